The highest BCUT2D eigenvalue weighted by Crippen LogP contribution is 2.10. The lowest BCUT2D eigenvalue weighted by Crippen LogP contribution is -2.27. The molecule has 0 aliphatic rings. The van der Waals surface area contributed by atoms with Crippen molar-refractivity contribution in [2.45, 2.75) is 13.2 Å². The van der Waals surface area contributed by atoms with Crippen molar-refractivity contribution in [1.82, 2.24) is 9.88 Å². The van der Waals surface area contributed by atoms with Gasteiger partial charge in [-0.2, -0.15) is 0 Å². The van der Waals surface area contributed by atoms with Gasteiger partial charge in [0.1, 0.15) is 23.9 Å². The van der Waals surface area contributed by atoms with Crippen molar-refractivity contribution in [2.75, 3.05) is 0 Å². The summed E-state index contributed by atoms with van der Waals surface area (Å²) in [6.45, 7) is 0.307. The molecule has 0 radical (unpaired) electrons. The van der Waals surface area contributed by atoms with E-state index < -0.39 is 11.3 Å². The Bertz CT molecular complexity index is 1030. The number of pyridine rings is 1. The van der Waals surface area contributed by atoms with Crippen molar-refractivity contribution < 1.29 is 18.3 Å². The predicted molar refractivity (Wildman–Crippen MR) is 100.0 cm³/mol. The lowest BCUT2D eigenvalue weighted by Gasteiger charge is -2.12. The average Bonchev–Trinajstić information content (AvgIpc) is 2.69. The molecule has 1 heterocycles. The average molecular weight is 384 g/mol. The molecule has 7 heteroatoms. The molecule has 3 aromatic rings. The molecule has 0 bridgehead atoms. The van der Waals surface area contributed by atoms with E-state index in [9.17, 15) is 18.4 Å². The molecule has 0 aliphatic carbocycles. The highest BCUT2D eigenvalue weighted by molar-refractivity contribution is 5.92. The van der Waals surface area contributed by atoms with Gasteiger partial charge in [0.25, 0.3) is 5.91 Å². The number of hydrogen-bond donors (Lipinski definition) is 1. The van der Waals surface area contributed by atoms with E-state index in [1.54, 1.807) is 31.3 Å². The molecule has 3 rings (SSSR count). The molecule has 28 heavy (non-hydrogen) atoms. The van der Waals surface area contributed by atoms with Crippen molar-refractivity contribution in [1.29, 1.82) is 0 Å². The van der Waals surface area contributed by atoms with Crippen LogP contribution in [-0.4, -0.2) is 10.5 Å². The molecule has 0 atom stereocenters. The van der Waals surface area contributed by atoms with Crippen molar-refractivity contribution in [3.8, 4) is 5.75 Å². The van der Waals surface area contributed by atoms with Crippen LogP contribution in [0.5, 0.6) is 5.75 Å². The van der Waals surface area contributed by atoms with Gasteiger partial charge in [-0.05, 0) is 35.4 Å². The van der Waals surface area contributed by atoms with Crippen LogP contribution in [0.25, 0.3) is 0 Å². The van der Waals surface area contributed by atoms with Crippen molar-refractivity contribution in [3.63, 3.8) is 0 Å². The molecule has 2 aromatic carbocycles. The smallest absolute Gasteiger partial charge is 0.268 e. The van der Waals surface area contributed by atoms with Gasteiger partial charge in [0.2, 0.25) is 5.43 Å². The van der Waals surface area contributed by atoms with Crippen LogP contribution in [0.15, 0.2) is 65.6 Å². The Morgan fingerprint density at radius 3 is 2.18 bits per heavy atom. The molecule has 0 aliphatic heterocycles. The molecule has 1 aromatic heterocycles. The maximum Gasteiger partial charge on any atom is 0.268 e. The molecule has 0 saturated carbocycles. The van der Waals surface area contributed by atoms with E-state index in [2.05, 4.69) is 5.32 Å². The summed E-state index contributed by atoms with van der Waals surface area (Å²) in [5.74, 6) is -1.06. The number of aryl methyl sites for hydroxylation is 1. The summed E-state index contributed by atoms with van der Waals surface area (Å²) in [5, 5.41) is 2.69. The zero-order valence-corrected chi connectivity index (χ0v) is 15.1. The lowest BCUT2D eigenvalue weighted by molar-refractivity contribution is 0.0941. The summed E-state index contributed by atoms with van der Waals surface area (Å²) in [4.78, 5) is 24.6. The van der Waals surface area contributed by atoms with Crippen LogP contribution < -0.4 is 15.5 Å². The molecule has 0 unspecified atom stereocenters. The molecule has 5 nitrogen and oxygen atoms in total. The van der Waals surface area contributed by atoms with Gasteiger partial charge in [0, 0.05) is 19.7 Å². The monoisotopic (exact) mass is 384 g/mol. The minimum absolute atomic E-state index is 0.0851. The first-order valence-corrected chi connectivity index (χ1v) is 8.53. The fourth-order valence-electron chi connectivity index (χ4n) is 2.56. The Morgan fingerprint density at radius 1 is 1.00 bits per heavy atom. The number of benzene rings is 2. The Kier molecular flexibility index (Phi) is 5.84. The van der Waals surface area contributed by atoms with Crippen molar-refractivity contribution in [2.24, 2.45) is 7.05 Å². The standard InChI is InChI=1S/C21H18F2N2O3/c1-25-12-20(28-13-15-4-8-17(23)9-5-15)19(26)10-18(25)21(27)24-11-14-2-6-16(22)7-3-14/h2-10,12H,11,13H2,1H3,(H,24,27). The number of carbonyl (C=O) groups is 1. The van der Waals surface area contributed by atoms with E-state index in [-0.39, 0.29) is 36.2 Å². The van der Waals surface area contributed by atoms with Crippen LogP contribution in [0.3, 0.4) is 0 Å². The van der Waals surface area contributed by atoms with E-state index in [1.807, 2.05) is 0 Å². The van der Waals surface area contributed by atoms with E-state index in [4.69, 9.17) is 4.74 Å². The number of ether oxygens (including phenoxy) is 1. The Balaban J connectivity index is 1.66. The van der Waals surface area contributed by atoms with Gasteiger partial charge in [0.15, 0.2) is 5.75 Å². The van der Waals surface area contributed by atoms with Crippen LogP contribution >= 0.6 is 0 Å². The van der Waals surface area contributed by atoms with Crippen molar-refractivity contribution in [3.05, 3.63) is 99.5 Å². The lowest BCUT2D eigenvalue weighted by atomic mass is 10.2. The van der Waals surface area contributed by atoms with Gasteiger partial charge >= 0.3 is 0 Å². The molecule has 1 amide bonds. The molecule has 0 fully saturated rings. The Morgan fingerprint density at radius 2 is 1.57 bits per heavy atom. The van der Waals surface area contributed by atoms with E-state index >= 15 is 0 Å². The van der Waals surface area contributed by atoms with Gasteiger partial charge in [-0.25, -0.2) is 8.78 Å². The summed E-state index contributed by atoms with van der Waals surface area (Å²) in [6, 6.07) is 12.7. The third-order valence-corrected chi connectivity index (χ3v) is 4.11. The van der Waals surface area contributed by atoms with Crippen LogP contribution in [-0.2, 0) is 20.2 Å². The topological polar surface area (TPSA) is 60.3 Å². The maximum absolute atomic E-state index is 12.9. The molecule has 0 saturated heterocycles. The van der Waals surface area contributed by atoms with Gasteiger partial charge in [-0.15, -0.1) is 0 Å². The summed E-state index contributed by atoms with van der Waals surface area (Å²) in [5.41, 5.74) is 1.18. The maximum atomic E-state index is 12.9. The number of nitrogens with one attached hydrogen (secondary N) is 1. The third-order valence-electron chi connectivity index (χ3n) is 4.11. The summed E-state index contributed by atoms with van der Waals surface area (Å²) in [6.07, 6.45) is 1.43. The quantitative estimate of drug-likeness (QED) is 0.710. The number of amides is 1. The first kappa shape index (κ1) is 19.3. The van der Waals surface area contributed by atoms with Crippen molar-refractivity contribution >= 4 is 5.91 Å². The predicted octanol–water partition coefficient (Wildman–Crippen LogP) is 3.17. The van der Waals surface area contributed by atoms with Crippen LogP contribution in [0.4, 0.5) is 8.78 Å². The largest absolute Gasteiger partial charge is 0.483 e. The minimum Gasteiger partial charge on any atom is -0.483 e. The second kappa shape index (κ2) is 8.47. The van der Waals surface area contributed by atoms with Gasteiger partial charge < -0.3 is 14.6 Å². The third kappa shape index (κ3) is 4.82. The first-order chi connectivity index (χ1) is 13.4. The number of carbonyl (C=O) groups excluding carboxylic acids is 1. The highest BCUT2D eigenvalue weighted by Gasteiger charge is 2.13. The Hall–Kier alpha value is -3.48. The van der Waals surface area contributed by atoms with Gasteiger partial charge in [0.05, 0.1) is 6.20 Å². The molecule has 1 N–H and O–H groups in total. The molecular formula is C21H18F2N2O3. The number of halogens is 2. The second-order valence-electron chi connectivity index (χ2n) is 6.22. The molecule has 144 valence electrons. The summed E-state index contributed by atoms with van der Waals surface area (Å²) >= 11 is 0. The minimum atomic E-state index is -0.438. The summed E-state index contributed by atoms with van der Waals surface area (Å²) in [7, 11) is 1.62. The Labute approximate surface area is 160 Å². The number of rotatable bonds is 6. The zero-order valence-electron chi connectivity index (χ0n) is 15.1. The van der Waals surface area contributed by atoms with E-state index in [1.165, 1.54) is 41.1 Å². The summed E-state index contributed by atoms with van der Waals surface area (Å²) < 4.78 is 32.8. The highest BCUT2D eigenvalue weighted by atomic mass is 19.1. The second-order valence-corrected chi connectivity index (χ2v) is 6.22. The van der Waals surface area contributed by atoms with E-state index in [0.717, 1.165) is 5.56 Å². The fourth-order valence-corrected chi connectivity index (χ4v) is 2.56. The van der Waals surface area contributed by atoms with Gasteiger partial charge in [-0.1, -0.05) is 24.3 Å². The molecular weight excluding hydrogens is 366 g/mol. The van der Waals surface area contributed by atoms with Crippen LogP contribution in [0.1, 0.15) is 21.6 Å². The SMILES string of the molecule is Cn1cc(OCc2ccc(F)cc2)c(=O)cc1C(=O)NCc1ccc(F)cc1. The van der Waals surface area contributed by atoms with Crippen LogP contribution in [0, 0.1) is 11.6 Å². The number of aromatic nitrogens is 1. The molecule has 0 spiro atoms. The zero-order chi connectivity index (χ0) is 20.1. The number of hydrogen-bond acceptors (Lipinski definition) is 3. The van der Waals surface area contributed by atoms with Crippen LogP contribution in [0.2, 0.25) is 0 Å². The normalized spacial score (nSPS) is 10.5. The van der Waals surface area contributed by atoms with E-state index in [0.29, 0.717) is 5.56 Å². The van der Waals surface area contributed by atoms with Gasteiger partial charge in [-0.3, -0.25) is 9.59 Å². The number of nitrogens with zero attached hydrogens (tertiary/aromatic N) is 1. The first-order valence-electron chi connectivity index (χ1n) is 8.53. The fraction of sp³-hybridized carbons (Fsp3) is 0.143.